The fourth-order valence-electron chi connectivity index (χ4n) is 2.75. The molecule has 0 aliphatic heterocycles. The molecule has 0 amide bonds. The normalized spacial score (nSPS) is 13.4. The smallest absolute Gasteiger partial charge is 0.309 e. The van der Waals surface area contributed by atoms with Crippen LogP contribution in [0, 0.1) is 16.2 Å². The van der Waals surface area contributed by atoms with Crippen molar-refractivity contribution in [2.24, 2.45) is 16.2 Å². The summed E-state index contributed by atoms with van der Waals surface area (Å²) in [4.78, 5) is 22.8. The summed E-state index contributed by atoms with van der Waals surface area (Å²) in [6, 6.07) is 0. The Labute approximate surface area is 109 Å². The van der Waals surface area contributed by atoms with E-state index in [1.165, 1.54) is 0 Å². The third-order valence-corrected chi connectivity index (χ3v) is 4.57. The van der Waals surface area contributed by atoms with Crippen LogP contribution in [0.25, 0.3) is 0 Å². The molecule has 18 heavy (non-hydrogen) atoms. The van der Waals surface area contributed by atoms with Crippen molar-refractivity contribution < 1.29 is 19.8 Å². The van der Waals surface area contributed by atoms with Gasteiger partial charge in [-0.15, -0.1) is 0 Å². The quantitative estimate of drug-likeness (QED) is 0.734. The number of aliphatic carboxylic acids is 2. The minimum absolute atomic E-state index is 0.363. The molecule has 4 heteroatoms. The molecular formula is C14H26O4. The van der Waals surface area contributed by atoms with Gasteiger partial charge in [-0.1, -0.05) is 13.8 Å². The maximum Gasteiger partial charge on any atom is 0.309 e. The molecule has 4 nitrogen and oxygen atoms in total. The Morgan fingerprint density at radius 1 is 0.889 bits per heavy atom. The predicted molar refractivity (Wildman–Crippen MR) is 70.5 cm³/mol. The summed E-state index contributed by atoms with van der Waals surface area (Å²) >= 11 is 0. The van der Waals surface area contributed by atoms with Gasteiger partial charge in [-0.05, 0) is 52.4 Å². The molecule has 2 N–H and O–H groups in total. The number of rotatable bonds is 7. The second-order valence-corrected chi connectivity index (χ2v) is 6.28. The van der Waals surface area contributed by atoms with Crippen LogP contribution < -0.4 is 0 Å². The molecule has 0 radical (unpaired) electrons. The van der Waals surface area contributed by atoms with Crippen LogP contribution in [0.1, 0.15) is 60.8 Å². The Morgan fingerprint density at radius 3 is 1.50 bits per heavy atom. The highest BCUT2D eigenvalue weighted by atomic mass is 16.4. The third-order valence-electron chi connectivity index (χ3n) is 4.57. The van der Waals surface area contributed by atoms with Gasteiger partial charge in [0.1, 0.15) is 0 Å². The van der Waals surface area contributed by atoms with Crippen LogP contribution in [0.3, 0.4) is 0 Å². The van der Waals surface area contributed by atoms with Crippen LogP contribution in [0.15, 0.2) is 0 Å². The van der Waals surface area contributed by atoms with Gasteiger partial charge in [0.25, 0.3) is 0 Å². The Balaban J connectivity index is 5.56. The first kappa shape index (κ1) is 16.9. The molecule has 0 atom stereocenters. The zero-order valence-corrected chi connectivity index (χ0v) is 12.3. The zero-order valence-electron chi connectivity index (χ0n) is 12.3. The van der Waals surface area contributed by atoms with Gasteiger partial charge in [-0.2, -0.15) is 0 Å². The van der Waals surface area contributed by atoms with Crippen molar-refractivity contribution in [3.63, 3.8) is 0 Å². The average Bonchev–Trinajstić information content (AvgIpc) is 2.25. The maximum absolute atomic E-state index is 11.5. The number of carboxylic acid groups (broad SMARTS) is 2. The molecule has 0 saturated heterocycles. The molecule has 0 unspecified atom stereocenters. The Hall–Kier alpha value is -1.06. The molecule has 0 saturated carbocycles. The van der Waals surface area contributed by atoms with Crippen molar-refractivity contribution in [3.8, 4) is 0 Å². The predicted octanol–water partition coefficient (Wildman–Crippen LogP) is 3.40. The van der Waals surface area contributed by atoms with Crippen LogP contribution in [0.5, 0.6) is 0 Å². The van der Waals surface area contributed by atoms with Gasteiger partial charge < -0.3 is 10.2 Å². The van der Waals surface area contributed by atoms with Crippen molar-refractivity contribution in [2.75, 3.05) is 0 Å². The summed E-state index contributed by atoms with van der Waals surface area (Å²) in [6.45, 7) is 10.6. The highest BCUT2D eigenvalue weighted by Crippen LogP contribution is 2.52. The van der Waals surface area contributed by atoms with Crippen LogP contribution in [-0.2, 0) is 9.59 Å². The van der Waals surface area contributed by atoms with E-state index in [1.807, 2.05) is 13.8 Å². The molecule has 0 aromatic heterocycles. The van der Waals surface area contributed by atoms with Gasteiger partial charge in [0.05, 0.1) is 10.8 Å². The summed E-state index contributed by atoms with van der Waals surface area (Å²) in [6.07, 6.45) is 1.67. The molecule has 0 aromatic rings. The Bertz CT molecular complexity index is 325. The second kappa shape index (κ2) is 5.29. The van der Waals surface area contributed by atoms with Crippen molar-refractivity contribution in [1.82, 2.24) is 0 Å². The minimum Gasteiger partial charge on any atom is -0.481 e. The van der Waals surface area contributed by atoms with Crippen LogP contribution in [0.4, 0.5) is 0 Å². The average molecular weight is 258 g/mol. The van der Waals surface area contributed by atoms with Gasteiger partial charge in [-0.25, -0.2) is 0 Å². The highest BCUT2D eigenvalue weighted by molar-refractivity contribution is 5.76. The standard InChI is InChI=1S/C14H26O4/c1-7-14(8-2,13(5,6)11(17)18)9-12(3,4)10(15)16/h7-9H2,1-6H3,(H,15,16)(H,17,18). The van der Waals surface area contributed by atoms with Gasteiger partial charge in [0, 0.05) is 0 Å². The SMILES string of the molecule is CCC(CC)(CC(C)(C)C(=O)O)C(C)(C)C(=O)O. The lowest BCUT2D eigenvalue weighted by Gasteiger charge is -2.46. The van der Waals surface area contributed by atoms with E-state index in [9.17, 15) is 19.8 Å². The van der Waals surface area contributed by atoms with E-state index in [1.54, 1.807) is 27.7 Å². The third kappa shape index (κ3) is 2.85. The summed E-state index contributed by atoms with van der Waals surface area (Å²) in [5.74, 6) is -1.75. The molecule has 0 heterocycles. The van der Waals surface area contributed by atoms with Gasteiger partial charge in [0.2, 0.25) is 0 Å². The van der Waals surface area contributed by atoms with Crippen molar-refractivity contribution >= 4 is 11.9 Å². The molecule has 0 aromatic carbocycles. The van der Waals surface area contributed by atoms with E-state index in [4.69, 9.17) is 0 Å². The molecule has 106 valence electrons. The molecule has 0 spiro atoms. The van der Waals surface area contributed by atoms with E-state index in [-0.39, 0.29) is 0 Å². The molecular weight excluding hydrogens is 232 g/mol. The van der Waals surface area contributed by atoms with Gasteiger partial charge in [-0.3, -0.25) is 9.59 Å². The molecule has 0 fully saturated rings. The zero-order chi connectivity index (χ0) is 14.8. The first-order valence-electron chi connectivity index (χ1n) is 6.43. The second-order valence-electron chi connectivity index (χ2n) is 6.28. The van der Waals surface area contributed by atoms with E-state index in [2.05, 4.69) is 0 Å². The van der Waals surface area contributed by atoms with Crippen LogP contribution >= 0.6 is 0 Å². The largest absolute Gasteiger partial charge is 0.481 e. The molecule has 0 bridgehead atoms. The molecule has 0 aliphatic rings. The molecule has 0 rings (SSSR count). The van der Waals surface area contributed by atoms with Crippen molar-refractivity contribution in [2.45, 2.75) is 60.8 Å². The van der Waals surface area contributed by atoms with E-state index < -0.39 is 28.2 Å². The lowest BCUT2D eigenvalue weighted by Crippen LogP contribution is -2.47. The Morgan fingerprint density at radius 2 is 1.28 bits per heavy atom. The summed E-state index contributed by atoms with van der Waals surface area (Å²) in [5.41, 5.74) is -2.37. The van der Waals surface area contributed by atoms with E-state index in [0.29, 0.717) is 19.3 Å². The first-order valence-corrected chi connectivity index (χ1v) is 6.43. The van der Waals surface area contributed by atoms with Gasteiger partial charge in [0.15, 0.2) is 0 Å². The highest BCUT2D eigenvalue weighted by Gasteiger charge is 2.51. The van der Waals surface area contributed by atoms with Gasteiger partial charge >= 0.3 is 11.9 Å². The number of carbonyl (C=O) groups is 2. The monoisotopic (exact) mass is 258 g/mol. The van der Waals surface area contributed by atoms with Crippen molar-refractivity contribution in [3.05, 3.63) is 0 Å². The fourth-order valence-corrected chi connectivity index (χ4v) is 2.75. The summed E-state index contributed by atoms with van der Waals surface area (Å²) in [7, 11) is 0. The number of hydrogen-bond acceptors (Lipinski definition) is 2. The Kier molecular flexibility index (Phi) is 4.98. The maximum atomic E-state index is 11.5. The lowest BCUT2D eigenvalue weighted by atomic mass is 9.56. The number of carboxylic acids is 2. The number of hydrogen-bond donors (Lipinski definition) is 2. The van der Waals surface area contributed by atoms with Crippen LogP contribution in [-0.4, -0.2) is 22.2 Å². The lowest BCUT2D eigenvalue weighted by molar-refractivity contribution is -0.163. The van der Waals surface area contributed by atoms with E-state index in [0.717, 1.165) is 0 Å². The topological polar surface area (TPSA) is 74.6 Å². The van der Waals surface area contributed by atoms with Crippen LogP contribution in [0.2, 0.25) is 0 Å². The minimum atomic E-state index is -0.941. The summed E-state index contributed by atoms with van der Waals surface area (Å²) in [5, 5.41) is 18.7. The van der Waals surface area contributed by atoms with E-state index >= 15 is 0 Å². The molecule has 0 aliphatic carbocycles. The summed E-state index contributed by atoms with van der Waals surface area (Å²) < 4.78 is 0. The first-order chi connectivity index (χ1) is 7.97. The fraction of sp³-hybridized carbons (Fsp3) is 0.857. The van der Waals surface area contributed by atoms with Crippen molar-refractivity contribution in [1.29, 1.82) is 0 Å².